The number of ether oxygens (including phenoxy) is 1. The summed E-state index contributed by atoms with van der Waals surface area (Å²) in [4.78, 5) is 13.5. The van der Waals surface area contributed by atoms with Gasteiger partial charge >= 0.3 is 0 Å². The Kier molecular flexibility index (Phi) is 4.56. The highest BCUT2D eigenvalue weighted by atomic mass is 32.1. The van der Waals surface area contributed by atoms with Crippen LogP contribution in [0.25, 0.3) is 15.5 Å². The molecule has 0 saturated heterocycles. The molecule has 0 radical (unpaired) electrons. The first kappa shape index (κ1) is 18.1. The van der Waals surface area contributed by atoms with Gasteiger partial charge in [-0.05, 0) is 62.2 Å². The number of nitrogens with zero attached hydrogens (tertiary/aromatic N) is 4. The molecule has 0 aliphatic carbocycles. The van der Waals surface area contributed by atoms with E-state index < -0.39 is 0 Å². The van der Waals surface area contributed by atoms with E-state index in [2.05, 4.69) is 20.6 Å². The Bertz CT molecular complexity index is 1190. The molecular formula is C20H19N5O2S. The van der Waals surface area contributed by atoms with Crippen molar-refractivity contribution in [3.8, 4) is 16.3 Å². The van der Waals surface area contributed by atoms with Gasteiger partial charge in [0.25, 0.3) is 5.91 Å². The fourth-order valence-corrected chi connectivity index (χ4v) is 3.73. The third kappa shape index (κ3) is 3.22. The molecule has 4 aromatic rings. The van der Waals surface area contributed by atoms with Gasteiger partial charge in [-0.3, -0.25) is 4.79 Å². The fraction of sp³-hybridized carbons (Fsp3) is 0.200. The molecule has 8 heteroatoms. The van der Waals surface area contributed by atoms with E-state index in [1.807, 2.05) is 57.2 Å². The zero-order valence-corrected chi connectivity index (χ0v) is 16.8. The SMILES string of the molecule is COc1ccc(-c2nn3c(C)nnc3s2)cc1NC(=O)c1ccc(C)c(C)c1. The van der Waals surface area contributed by atoms with Gasteiger partial charge in [0.05, 0.1) is 12.8 Å². The van der Waals surface area contributed by atoms with Crippen molar-refractivity contribution in [2.75, 3.05) is 12.4 Å². The Morgan fingerprint density at radius 3 is 2.61 bits per heavy atom. The molecular weight excluding hydrogens is 374 g/mol. The van der Waals surface area contributed by atoms with Crippen molar-refractivity contribution in [3.05, 3.63) is 58.9 Å². The smallest absolute Gasteiger partial charge is 0.255 e. The van der Waals surface area contributed by atoms with Crippen LogP contribution in [0.2, 0.25) is 0 Å². The van der Waals surface area contributed by atoms with Crippen molar-refractivity contribution in [1.82, 2.24) is 19.8 Å². The average molecular weight is 393 g/mol. The molecule has 0 fully saturated rings. The predicted octanol–water partition coefficient (Wildman–Crippen LogP) is 4.04. The van der Waals surface area contributed by atoms with Gasteiger partial charge in [-0.1, -0.05) is 17.4 Å². The number of fused-ring (bicyclic) bond motifs is 1. The summed E-state index contributed by atoms with van der Waals surface area (Å²) >= 11 is 1.44. The highest BCUT2D eigenvalue weighted by Gasteiger charge is 2.15. The van der Waals surface area contributed by atoms with Crippen molar-refractivity contribution in [1.29, 1.82) is 0 Å². The molecule has 2 heterocycles. The summed E-state index contributed by atoms with van der Waals surface area (Å²) < 4.78 is 7.13. The van der Waals surface area contributed by atoms with Crippen LogP contribution in [0, 0.1) is 20.8 Å². The molecule has 0 bridgehead atoms. The van der Waals surface area contributed by atoms with Gasteiger partial charge in [0.2, 0.25) is 4.96 Å². The maximum absolute atomic E-state index is 12.7. The minimum atomic E-state index is -0.187. The minimum absolute atomic E-state index is 0.187. The highest BCUT2D eigenvalue weighted by molar-refractivity contribution is 7.19. The number of rotatable bonds is 4. The lowest BCUT2D eigenvalue weighted by molar-refractivity contribution is 0.102. The van der Waals surface area contributed by atoms with Crippen LogP contribution in [-0.4, -0.2) is 32.8 Å². The number of hydrogen-bond acceptors (Lipinski definition) is 6. The number of methoxy groups -OCH3 is 1. The molecule has 0 atom stereocenters. The number of anilines is 1. The molecule has 2 aromatic carbocycles. The quantitative estimate of drug-likeness (QED) is 0.566. The summed E-state index contributed by atoms with van der Waals surface area (Å²) in [6.45, 7) is 5.86. The first-order valence-electron chi connectivity index (χ1n) is 8.72. The van der Waals surface area contributed by atoms with Crippen molar-refractivity contribution >= 4 is 27.9 Å². The number of nitrogens with one attached hydrogen (secondary N) is 1. The molecule has 0 aliphatic heterocycles. The molecule has 0 unspecified atom stereocenters. The third-order valence-corrected chi connectivity index (χ3v) is 5.56. The summed E-state index contributed by atoms with van der Waals surface area (Å²) in [6, 6.07) is 11.2. The second kappa shape index (κ2) is 7.05. The fourth-order valence-electron chi connectivity index (χ4n) is 2.85. The molecule has 1 N–H and O–H groups in total. The van der Waals surface area contributed by atoms with E-state index in [1.54, 1.807) is 11.6 Å². The van der Waals surface area contributed by atoms with E-state index >= 15 is 0 Å². The summed E-state index contributed by atoms with van der Waals surface area (Å²) in [5.74, 6) is 1.13. The standard InChI is InChI=1S/C20H19N5O2S/c1-11-5-6-14(9-12(11)2)18(26)21-16-10-15(7-8-17(16)27-4)19-24-25-13(3)22-23-20(25)28-19/h5-10H,1-4H3,(H,21,26). The van der Waals surface area contributed by atoms with Crippen LogP contribution in [0.15, 0.2) is 36.4 Å². The highest BCUT2D eigenvalue weighted by Crippen LogP contribution is 2.33. The minimum Gasteiger partial charge on any atom is -0.495 e. The molecule has 0 spiro atoms. The van der Waals surface area contributed by atoms with Crippen molar-refractivity contribution in [3.63, 3.8) is 0 Å². The largest absolute Gasteiger partial charge is 0.495 e. The number of aromatic nitrogens is 4. The summed E-state index contributed by atoms with van der Waals surface area (Å²) in [5.41, 5.74) is 4.28. The Hall–Kier alpha value is -3.26. The van der Waals surface area contributed by atoms with Crippen molar-refractivity contribution in [2.24, 2.45) is 0 Å². The second-order valence-electron chi connectivity index (χ2n) is 6.52. The summed E-state index contributed by atoms with van der Waals surface area (Å²) in [7, 11) is 1.58. The second-order valence-corrected chi connectivity index (χ2v) is 7.47. The van der Waals surface area contributed by atoms with Crippen LogP contribution in [0.5, 0.6) is 5.75 Å². The van der Waals surface area contributed by atoms with Gasteiger partial charge in [0.15, 0.2) is 5.82 Å². The van der Waals surface area contributed by atoms with Gasteiger partial charge in [-0.15, -0.1) is 10.2 Å². The molecule has 2 aromatic heterocycles. The Balaban J connectivity index is 1.68. The Labute approximate surface area is 166 Å². The van der Waals surface area contributed by atoms with E-state index in [1.165, 1.54) is 11.3 Å². The predicted molar refractivity (Wildman–Crippen MR) is 109 cm³/mol. The number of carbonyl (C=O) groups is 1. The molecule has 4 rings (SSSR count). The van der Waals surface area contributed by atoms with Crippen LogP contribution in [0.1, 0.15) is 27.3 Å². The Morgan fingerprint density at radius 1 is 1.07 bits per heavy atom. The molecule has 7 nitrogen and oxygen atoms in total. The molecule has 28 heavy (non-hydrogen) atoms. The van der Waals surface area contributed by atoms with Crippen LogP contribution >= 0.6 is 11.3 Å². The maximum Gasteiger partial charge on any atom is 0.255 e. The van der Waals surface area contributed by atoms with Gasteiger partial charge in [-0.2, -0.15) is 9.61 Å². The normalized spacial score (nSPS) is 11.0. The van der Waals surface area contributed by atoms with E-state index in [9.17, 15) is 4.79 Å². The number of aryl methyl sites for hydroxylation is 3. The van der Waals surface area contributed by atoms with Crippen molar-refractivity contribution in [2.45, 2.75) is 20.8 Å². The number of hydrogen-bond donors (Lipinski definition) is 1. The monoisotopic (exact) mass is 393 g/mol. The first-order chi connectivity index (χ1) is 13.5. The lowest BCUT2D eigenvalue weighted by atomic mass is 10.1. The lowest BCUT2D eigenvalue weighted by Gasteiger charge is -2.12. The van der Waals surface area contributed by atoms with E-state index in [-0.39, 0.29) is 5.91 Å². The van der Waals surface area contributed by atoms with Gasteiger partial charge in [0.1, 0.15) is 10.8 Å². The molecule has 1 amide bonds. The van der Waals surface area contributed by atoms with Gasteiger partial charge in [0, 0.05) is 11.1 Å². The lowest BCUT2D eigenvalue weighted by Crippen LogP contribution is -2.13. The molecule has 0 saturated carbocycles. The number of carbonyl (C=O) groups excluding carboxylic acids is 1. The summed E-state index contributed by atoms with van der Waals surface area (Å²) in [5, 5.41) is 16.4. The molecule has 142 valence electrons. The Morgan fingerprint density at radius 2 is 1.89 bits per heavy atom. The van der Waals surface area contributed by atoms with Crippen LogP contribution in [0.4, 0.5) is 5.69 Å². The zero-order chi connectivity index (χ0) is 19.8. The van der Waals surface area contributed by atoms with Crippen LogP contribution in [-0.2, 0) is 0 Å². The third-order valence-electron chi connectivity index (χ3n) is 4.61. The first-order valence-corrected chi connectivity index (χ1v) is 9.54. The number of benzene rings is 2. The zero-order valence-electron chi connectivity index (χ0n) is 16.0. The summed E-state index contributed by atoms with van der Waals surface area (Å²) in [6.07, 6.45) is 0. The van der Waals surface area contributed by atoms with E-state index in [4.69, 9.17) is 4.74 Å². The van der Waals surface area contributed by atoms with Crippen LogP contribution < -0.4 is 10.1 Å². The topological polar surface area (TPSA) is 81.4 Å². The van der Waals surface area contributed by atoms with Gasteiger partial charge < -0.3 is 10.1 Å². The van der Waals surface area contributed by atoms with E-state index in [0.717, 1.165) is 32.5 Å². The van der Waals surface area contributed by atoms with Crippen LogP contribution in [0.3, 0.4) is 0 Å². The van der Waals surface area contributed by atoms with Gasteiger partial charge in [-0.25, -0.2) is 0 Å². The molecule has 0 aliphatic rings. The average Bonchev–Trinajstić information content (AvgIpc) is 3.26. The van der Waals surface area contributed by atoms with Crippen molar-refractivity contribution < 1.29 is 9.53 Å². The number of amides is 1. The van der Waals surface area contributed by atoms with E-state index in [0.29, 0.717) is 17.0 Å². The maximum atomic E-state index is 12.7.